The molecule has 2 rings (SSSR count). The SMILES string of the molecule is COc1ccc(OC)c(CSc2ccc(C)cc2N)c1. The van der Waals surface area contributed by atoms with Crippen LogP contribution < -0.4 is 15.2 Å². The molecule has 0 aliphatic rings. The summed E-state index contributed by atoms with van der Waals surface area (Å²) in [7, 11) is 3.34. The number of nitrogens with two attached hydrogens (primary N) is 1. The fraction of sp³-hybridized carbons (Fsp3) is 0.250. The first-order valence-corrected chi connectivity index (χ1v) is 7.32. The molecule has 0 aliphatic heterocycles. The summed E-state index contributed by atoms with van der Waals surface area (Å²) in [6, 6.07) is 11.9. The molecule has 3 nitrogen and oxygen atoms in total. The Labute approximate surface area is 124 Å². The van der Waals surface area contributed by atoms with Gasteiger partial charge in [-0.2, -0.15) is 0 Å². The first-order chi connectivity index (χ1) is 9.63. The molecule has 2 N–H and O–H groups in total. The van der Waals surface area contributed by atoms with E-state index in [4.69, 9.17) is 15.2 Å². The highest BCUT2D eigenvalue weighted by Crippen LogP contribution is 2.33. The minimum atomic E-state index is 0.785. The van der Waals surface area contributed by atoms with Gasteiger partial charge in [0, 0.05) is 21.9 Å². The van der Waals surface area contributed by atoms with Gasteiger partial charge in [-0.15, -0.1) is 11.8 Å². The van der Waals surface area contributed by atoms with E-state index in [0.717, 1.165) is 33.4 Å². The molecule has 0 amide bonds. The lowest BCUT2D eigenvalue weighted by Gasteiger charge is -2.11. The van der Waals surface area contributed by atoms with Crippen molar-refractivity contribution in [1.82, 2.24) is 0 Å². The van der Waals surface area contributed by atoms with Crippen LogP contribution in [0.1, 0.15) is 11.1 Å². The lowest BCUT2D eigenvalue weighted by Crippen LogP contribution is -1.94. The normalized spacial score (nSPS) is 10.3. The van der Waals surface area contributed by atoms with Gasteiger partial charge in [0.1, 0.15) is 11.5 Å². The lowest BCUT2D eigenvalue weighted by molar-refractivity contribution is 0.400. The van der Waals surface area contributed by atoms with Crippen molar-refractivity contribution < 1.29 is 9.47 Å². The van der Waals surface area contributed by atoms with Gasteiger partial charge in [-0.1, -0.05) is 6.07 Å². The van der Waals surface area contributed by atoms with Gasteiger partial charge >= 0.3 is 0 Å². The zero-order valence-electron chi connectivity index (χ0n) is 12.0. The molecule has 2 aromatic carbocycles. The second-order valence-electron chi connectivity index (χ2n) is 4.51. The average Bonchev–Trinajstić information content (AvgIpc) is 2.46. The maximum atomic E-state index is 6.04. The molecule has 0 radical (unpaired) electrons. The third kappa shape index (κ3) is 3.39. The number of thioether (sulfide) groups is 1. The van der Waals surface area contributed by atoms with E-state index in [-0.39, 0.29) is 0 Å². The molecule has 4 heteroatoms. The van der Waals surface area contributed by atoms with Crippen molar-refractivity contribution in [2.24, 2.45) is 0 Å². The van der Waals surface area contributed by atoms with Gasteiger partial charge in [-0.05, 0) is 42.8 Å². The van der Waals surface area contributed by atoms with E-state index in [2.05, 4.69) is 12.1 Å². The zero-order valence-corrected chi connectivity index (χ0v) is 12.8. The average molecular weight is 289 g/mol. The van der Waals surface area contributed by atoms with Gasteiger partial charge in [0.2, 0.25) is 0 Å². The third-order valence-corrected chi connectivity index (χ3v) is 4.17. The smallest absolute Gasteiger partial charge is 0.123 e. The van der Waals surface area contributed by atoms with E-state index in [0.29, 0.717) is 0 Å². The molecule has 0 heterocycles. The fourth-order valence-electron chi connectivity index (χ4n) is 1.95. The molecule has 0 saturated heterocycles. The minimum absolute atomic E-state index is 0.785. The van der Waals surface area contributed by atoms with Crippen molar-refractivity contribution in [3.05, 3.63) is 47.5 Å². The summed E-state index contributed by atoms with van der Waals surface area (Å²) in [6.45, 7) is 2.04. The van der Waals surface area contributed by atoms with Crippen molar-refractivity contribution >= 4 is 17.4 Å². The van der Waals surface area contributed by atoms with E-state index in [9.17, 15) is 0 Å². The second-order valence-corrected chi connectivity index (χ2v) is 5.52. The zero-order chi connectivity index (χ0) is 14.5. The van der Waals surface area contributed by atoms with E-state index in [1.165, 1.54) is 5.56 Å². The van der Waals surface area contributed by atoms with Crippen molar-refractivity contribution in [2.45, 2.75) is 17.6 Å². The molecule has 106 valence electrons. The Bertz CT molecular complexity index is 599. The van der Waals surface area contributed by atoms with Crippen LogP contribution in [-0.2, 0) is 5.75 Å². The van der Waals surface area contributed by atoms with Crippen LogP contribution in [0, 0.1) is 6.92 Å². The van der Waals surface area contributed by atoms with Crippen LogP contribution in [0.4, 0.5) is 5.69 Å². The summed E-state index contributed by atoms with van der Waals surface area (Å²) in [5, 5.41) is 0. The molecule has 0 aliphatic carbocycles. The monoisotopic (exact) mass is 289 g/mol. The van der Waals surface area contributed by atoms with Crippen molar-refractivity contribution in [3.63, 3.8) is 0 Å². The topological polar surface area (TPSA) is 44.5 Å². The number of ether oxygens (including phenoxy) is 2. The summed E-state index contributed by atoms with van der Waals surface area (Å²) in [4.78, 5) is 1.08. The molecule has 0 spiro atoms. The molecule has 0 fully saturated rings. The number of nitrogen functional groups attached to an aromatic ring is 1. The van der Waals surface area contributed by atoms with Gasteiger partial charge in [-0.3, -0.25) is 0 Å². The molecule has 0 unspecified atom stereocenters. The van der Waals surface area contributed by atoms with E-state index in [1.54, 1.807) is 26.0 Å². The van der Waals surface area contributed by atoms with Gasteiger partial charge in [-0.25, -0.2) is 0 Å². The van der Waals surface area contributed by atoms with Gasteiger partial charge in [0.25, 0.3) is 0 Å². The fourth-order valence-corrected chi connectivity index (χ4v) is 2.88. The number of aryl methyl sites for hydroxylation is 1. The van der Waals surface area contributed by atoms with Gasteiger partial charge in [0.15, 0.2) is 0 Å². The van der Waals surface area contributed by atoms with E-state index < -0.39 is 0 Å². The Morgan fingerprint density at radius 3 is 2.50 bits per heavy atom. The molecular weight excluding hydrogens is 270 g/mol. The Morgan fingerprint density at radius 2 is 1.85 bits per heavy atom. The number of methoxy groups -OCH3 is 2. The predicted molar refractivity (Wildman–Crippen MR) is 84.7 cm³/mol. The highest BCUT2D eigenvalue weighted by molar-refractivity contribution is 7.98. The number of benzene rings is 2. The molecular formula is C16H19NO2S. The maximum Gasteiger partial charge on any atom is 0.123 e. The minimum Gasteiger partial charge on any atom is -0.497 e. The van der Waals surface area contributed by atoms with Crippen molar-refractivity contribution in [2.75, 3.05) is 20.0 Å². The third-order valence-electron chi connectivity index (χ3n) is 3.04. The summed E-state index contributed by atoms with van der Waals surface area (Å²) in [5.41, 5.74) is 9.12. The van der Waals surface area contributed by atoms with E-state index in [1.807, 2.05) is 31.2 Å². The van der Waals surface area contributed by atoms with Gasteiger partial charge in [0.05, 0.1) is 14.2 Å². The molecule has 0 saturated carbocycles. The number of anilines is 1. The Morgan fingerprint density at radius 1 is 1.05 bits per heavy atom. The lowest BCUT2D eigenvalue weighted by atomic mass is 10.2. The summed E-state index contributed by atoms with van der Waals surface area (Å²) < 4.78 is 10.6. The first-order valence-electron chi connectivity index (χ1n) is 6.34. The number of hydrogen-bond donors (Lipinski definition) is 1. The van der Waals surface area contributed by atoms with Crippen LogP contribution in [0.2, 0.25) is 0 Å². The summed E-state index contributed by atoms with van der Waals surface area (Å²) >= 11 is 1.70. The molecule has 20 heavy (non-hydrogen) atoms. The summed E-state index contributed by atoms with van der Waals surface area (Å²) in [5.74, 6) is 2.48. The van der Waals surface area contributed by atoms with Crippen molar-refractivity contribution in [3.8, 4) is 11.5 Å². The summed E-state index contributed by atoms with van der Waals surface area (Å²) in [6.07, 6.45) is 0. The maximum absolute atomic E-state index is 6.04. The molecule has 0 bridgehead atoms. The highest BCUT2D eigenvalue weighted by atomic mass is 32.2. The largest absolute Gasteiger partial charge is 0.497 e. The number of rotatable bonds is 5. The van der Waals surface area contributed by atoms with Crippen LogP contribution in [0.25, 0.3) is 0 Å². The highest BCUT2D eigenvalue weighted by Gasteiger charge is 2.07. The van der Waals surface area contributed by atoms with E-state index >= 15 is 0 Å². The van der Waals surface area contributed by atoms with Crippen LogP contribution in [0.15, 0.2) is 41.3 Å². The first kappa shape index (κ1) is 14.6. The van der Waals surface area contributed by atoms with Crippen LogP contribution in [0.5, 0.6) is 11.5 Å². The Balaban J connectivity index is 2.17. The second kappa shape index (κ2) is 6.57. The predicted octanol–water partition coefficient (Wildman–Crippen LogP) is 3.89. The Hall–Kier alpha value is -1.81. The standard InChI is InChI=1S/C16H19NO2S/c1-11-4-7-16(14(17)8-11)20-10-12-9-13(18-2)5-6-15(12)19-3/h4-9H,10,17H2,1-3H3. The van der Waals surface area contributed by atoms with Crippen LogP contribution in [-0.4, -0.2) is 14.2 Å². The van der Waals surface area contributed by atoms with Crippen molar-refractivity contribution in [1.29, 1.82) is 0 Å². The van der Waals surface area contributed by atoms with Gasteiger partial charge < -0.3 is 15.2 Å². The number of hydrogen-bond acceptors (Lipinski definition) is 4. The molecule has 2 aromatic rings. The molecule has 0 aromatic heterocycles. The molecule has 0 atom stereocenters. The van der Waals surface area contributed by atoms with Crippen LogP contribution >= 0.6 is 11.8 Å². The van der Waals surface area contributed by atoms with Crippen LogP contribution in [0.3, 0.4) is 0 Å². The quantitative estimate of drug-likeness (QED) is 0.670. The Kier molecular flexibility index (Phi) is 4.79.